The topological polar surface area (TPSA) is 41.5 Å². The van der Waals surface area contributed by atoms with Crippen molar-refractivity contribution >= 4 is 68.3 Å². The number of rotatable bonds is 3. The maximum absolute atomic E-state index is 12.3. The molecule has 0 fully saturated rings. The van der Waals surface area contributed by atoms with Crippen LogP contribution in [0.3, 0.4) is 0 Å². The number of hydrazone groups is 1. The van der Waals surface area contributed by atoms with Crippen molar-refractivity contribution in [2.24, 2.45) is 5.10 Å². The molecule has 0 bridgehead atoms. The molecule has 0 spiro atoms. The van der Waals surface area contributed by atoms with E-state index in [9.17, 15) is 4.79 Å². The number of hydrogen-bond donors (Lipinski definition) is 1. The minimum absolute atomic E-state index is 0.367. The minimum atomic E-state index is -0.367. The predicted molar refractivity (Wildman–Crippen MR) is 103 cm³/mol. The molecule has 1 N–H and O–H groups in total. The molecule has 24 heavy (non-hydrogen) atoms. The van der Waals surface area contributed by atoms with Gasteiger partial charge in [0.1, 0.15) is 4.88 Å². The Morgan fingerprint density at radius 1 is 1.17 bits per heavy atom. The van der Waals surface area contributed by atoms with E-state index in [2.05, 4.69) is 10.5 Å². The van der Waals surface area contributed by atoms with E-state index >= 15 is 0 Å². The molecule has 7 heteroatoms. The SMILES string of the molecule is Cc1ccc2c(Cl)c(C(=O)NN=Cc3cccc(Cl)c3Cl)sc2c1. The van der Waals surface area contributed by atoms with Crippen LogP contribution in [0.4, 0.5) is 0 Å². The van der Waals surface area contributed by atoms with Crippen LogP contribution in [0.25, 0.3) is 10.1 Å². The quantitative estimate of drug-likeness (QED) is 0.431. The number of nitrogens with zero attached hydrogens (tertiary/aromatic N) is 1. The first-order chi connectivity index (χ1) is 11.5. The summed E-state index contributed by atoms with van der Waals surface area (Å²) >= 11 is 19.6. The highest BCUT2D eigenvalue weighted by Gasteiger charge is 2.16. The van der Waals surface area contributed by atoms with Gasteiger partial charge in [0, 0.05) is 15.6 Å². The van der Waals surface area contributed by atoms with Crippen molar-refractivity contribution in [3.8, 4) is 0 Å². The molecule has 2 aromatic carbocycles. The Morgan fingerprint density at radius 3 is 2.75 bits per heavy atom. The first-order valence-corrected chi connectivity index (χ1v) is 8.88. The summed E-state index contributed by atoms with van der Waals surface area (Å²) < 4.78 is 0.965. The summed E-state index contributed by atoms with van der Waals surface area (Å²) in [5.41, 5.74) is 4.19. The van der Waals surface area contributed by atoms with Gasteiger partial charge in [0.25, 0.3) is 5.91 Å². The van der Waals surface area contributed by atoms with Crippen molar-refractivity contribution in [3.63, 3.8) is 0 Å². The maximum Gasteiger partial charge on any atom is 0.283 e. The molecule has 3 rings (SSSR count). The summed E-state index contributed by atoms with van der Waals surface area (Å²) in [6, 6.07) is 11.1. The van der Waals surface area contributed by atoms with E-state index in [4.69, 9.17) is 34.8 Å². The van der Waals surface area contributed by atoms with Gasteiger partial charge in [-0.3, -0.25) is 4.79 Å². The number of fused-ring (bicyclic) bond motifs is 1. The predicted octanol–water partition coefficient (Wildman–Crippen LogP) is 5.93. The molecule has 1 amide bonds. The molecular weight excluding hydrogens is 387 g/mol. The Balaban J connectivity index is 1.81. The Labute approximate surface area is 157 Å². The summed E-state index contributed by atoms with van der Waals surface area (Å²) in [6.45, 7) is 1.99. The van der Waals surface area contributed by atoms with Gasteiger partial charge in [-0.25, -0.2) is 5.43 Å². The second-order valence-electron chi connectivity index (χ2n) is 5.09. The first-order valence-electron chi connectivity index (χ1n) is 6.93. The molecule has 1 heterocycles. The second-order valence-corrected chi connectivity index (χ2v) is 7.30. The Morgan fingerprint density at radius 2 is 1.96 bits per heavy atom. The lowest BCUT2D eigenvalue weighted by atomic mass is 10.2. The van der Waals surface area contributed by atoms with Gasteiger partial charge in [0.15, 0.2) is 0 Å². The summed E-state index contributed by atoms with van der Waals surface area (Å²) in [4.78, 5) is 12.7. The fourth-order valence-corrected chi connectivity index (χ4v) is 4.01. The molecule has 0 unspecified atom stereocenters. The molecular formula is C17H11Cl3N2OS. The molecule has 0 aliphatic carbocycles. The maximum atomic E-state index is 12.3. The van der Waals surface area contributed by atoms with E-state index in [-0.39, 0.29) is 5.91 Å². The molecule has 0 saturated heterocycles. The number of benzene rings is 2. The molecule has 0 atom stereocenters. The number of amides is 1. The zero-order valence-electron chi connectivity index (χ0n) is 12.4. The fraction of sp³-hybridized carbons (Fsp3) is 0.0588. The zero-order chi connectivity index (χ0) is 17.3. The monoisotopic (exact) mass is 396 g/mol. The molecule has 0 radical (unpaired) electrons. The summed E-state index contributed by atoms with van der Waals surface area (Å²) in [6.07, 6.45) is 1.44. The Bertz CT molecular complexity index is 966. The molecule has 122 valence electrons. The first kappa shape index (κ1) is 17.2. The minimum Gasteiger partial charge on any atom is -0.266 e. The summed E-state index contributed by atoms with van der Waals surface area (Å²) in [5, 5.41) is 6.03. The molecule has 1 aromatic heterocycles. The van der Waals surface area contributed by atoms with Crippen molar-refractivity contribution in [3.05, 3.63) is 67.5 Å². The van der Waals surface area contributed by atoms with Crippen LogP contribution in [0.2, 0.25) is 15.1 Å². The van der Waals surface area contributed by atoms with Crippen LogP contribution >= 0.6 is 46.1 Å². The van der Waals surface area contributed by atoms with Crippen molar-refractivity contribution < 1.29 is 4.79 Å². The van der Waals surface area contributed by atoms with Crippen LogP contribution in [-0.2, 0) is 0 Å². The van der Waals surface area contributed by atoms with Crippen molar-refractivity contribution in [1.82, 2.24) is 5.43 Å². The lowest BCUT2D eigenvalue weighted by molar-refractivity contribution is 0.0959. The van der Waals surface area contributed by atoms with Crippen molar-refractivity contribution in [2.75, 3.05) is 0 Å². The smallest absolute Gasteiger partial charge is 0.266 e. The van der Waals surface area contributed by atoms with Crippen LogP contribution in [0.15, 0.2) is 41.5 Å². The Kier molecular flexibility index (Phi) is 5.11. The number of hydrogen-bond acceptors (Lipinski definition) is 3. The van der Waals surface area contributed by atoms with Gasteiger partial charge in [0.2, 0.25) is 0 Å². The average Bonchev–Trinajstić information content (AvgIpc) is 2.87. The lowest BCUT2D eigenvalue weighted by Gasteiger charge is -2.00. The second kappa shape index (κ2) is 7.11. The largest absolute Gasteiger partial charge is 0.283 e. The molecule has 0 aliphatic rings. The molecule has 3 aromatic rings. The summed E-state index contributed by atoms with van der Waals surface area (Å²) in [7, 11) is 0. The number of carbonyl (C=O) groups is 1. The van der Waals surface area contributed by atoms with Gasteiger partial charge < -0.3 is 0 Å². The van der Waals surface area contributed by atoms with Crippen LogP contribution in [0, 0.1) is 6.92 Å². The fourth-order valence-electron chi connectivity index (χ4n) is 2.15. The van der Waals surface area contributed by atoms with Gasteiger partial charge in [-0.15, -0.1) is 11.3 Å². The van der Waals surface area contributed by atoms with E-state index in [0.29, 0.717) is 25.5 Å². The zero-order valence-corrected chi connectivity index (χ0v) is 15.5. The molecule has 3 nitrogen and oxygen atoms in total. The number of thiophene rings is 1. The van der Waals surface area contributed by atoms with E-state index in [0.717, 1.165) is 15.6 Å². The van der Waals surface area contributed by atoms with Gasteiger partial charge in [-0.1, -0.05) is 59.1 Å². The van der Waals surface area contributed by atoms with Crippen molar-refractivity contribution in [1.29, 1.82) is 0 Å². The van der Waals surface area contributed by atoms with E-state index in [1.54, 1.807) is 18.2 Å². The highest BCUT2D eigenvalue weighted by molar-refractivity contribution is 7.21. The van der Waals surface area contributed by atoms with Crippen LogP contribution in [-0.4, -0.2) is 12.1 Å². The highest BCUT2D eigenvalue weighted by atomic mass is 35.5. The van der Waals surface area contributed by atoms with Gasteiger partial charge in [-0.2, -0.15) is 5.10 Å². The van der Waals surface area contributed by atoms with Crippen LogP contribution in [0.1, 0.15) is 20.8 Å². The molecule has 0 saturated carbocycles. The number of nitrogens with one attached hydrogen (secondary N) is 1. The molecule has 0 aliphatic heterocycles. The van der Waals surface area contributed by atoms with Gasteiger partial charge in [-0.05, 0) is 24.6 Å². The number of halogens is 3. The van der Waals surface area contributed by atoms with E-state index in [1.807, 2.05) is 25.1 Å². The standard InChI is InChI=1S/C17H11Cl3N2OS/c1-9-5-6-11-13(7-9)24-16(15(11)20)17(23)22-21-8-10-3-2-4-12(18)14(10)19/h2-8H,1H3,(H,22,23). The third-order valence-electron chi connectivity index (χ3n) is 3.34. The highest BCUT2D eigenvalue weighted by Crippen LogP contribution is 2.35. The van der Waals surface area contributed by atoms with Gasteiger partial charge in [0.05, 0.1) is 21.3 Å². The van der Waals surface area contributed by atoms with Crippen LogP contribution < -0.4 is 5.43 Å². The van der Waals surface area contributed by atoms with E-state index < -0.39 is 0 Å². The van der Waals surface area contributed by atoms with Gasteiger partial charge >= 0.3 is 0 Å². The van der Waals surface area contributed by atoms with Crippen molar-refractivity contribution in [2.45, 2.75) is 6.92 Å². The lowest BCUT2D eigenvalue weighted by Crippen LogP contribution is -2.16. The third kappa shape index (κ3) is 3.42. The summed E-state index contributed by atoms with van der Waals surface area (Å²) in [5.74, 6) is -0.367. The Hall–Kier alpha value is -1.59. The van der Waals surface area contributed by atoms with Crippen LogP contribution in [0.5, 0.6) is 0 Å². The normalized spacial score (nSPS) is 11.3. The van der Waals surface area contributed by atoms with E-state index in [1.165, 1.54) is 17.6 Å². The third-order valence-corrected chi connectivity index (χ3v) is 5.83. The average molecular weight is 398 g/mol. The number of carbonyl (C=O) groups excluding carboxylic acids is 1. The number of aryl methyl sites for hydroxylation is 1.